The van der Waals surface area contributed by atoms with Crippen LogP contribution in [0.5, 0.6) is 0 Å². The van der Waals surface area contributed by atoms with Crippen LogP contribution in [0.15, 0.2) is 36.5 Å². The molecule has 1 aliphatic rings. The predicted molar refractivity (Wildman–Crippen MR) is 79.0 cm³/mol. The van der Waals surface area contributed by atoms with Crippen LogP contribution in [0.1, 0.15) is 23.2 Å². The first-order valence-corrected chi connectivity index (χ1v) is 6.84. The molecule has 1 aliphatic carbocycles. The lowest BCUT2D eigenvalue weighted by Gasteiger charge is -2.06. The van der Waals surface area contributed by atoms with Gasteiger partial charge in [0.1, 0.15) is 0 Å². The molecule has 1 aromatic carbocycles. The van der Waals surface area contributed by atoms with Crippen molar-refractivity contribution in [3.8, 4) is 0 Å². The van der Waals surface area contributed by atoms with E-state index in [1.54, 1.807) is 48.3 Å². The fourth-order valence-electron chi connectivity index (χ4n) is 1.97. The molecule has 0 unspecified atom stereocenters. The van der Waals surface area contributed by atoms with Crippen LogP contribution < -0.4 is 10.6 Å². The lowest BCUT2D eigenvalue weighted by atomic mass is 10.2. The van der Waals surface area contributed by atoms with Gasteiger partial charge >= 0.3 is 0 Å². The van der Waals surface area contributed by atoms with Gasteiger partial charge in [-0.15, -0.1) is 0 Å². The molecule has 0 atom stereocenters. The standard InChI is InChI=1S/C15H16N4O2/c1-19-9-8-13(18-19)17-15(21)11-4-6-12(7-5-11)16-14(20)10-2-3-10/h4-10H,2-3H2,1H3,(H,16,20)(H,17,18,21). The van der Waals surface area contributed by atoms with Crippen LogP contribution in [0.3, 0.4) is 0 Å². The van der Waals surface area contributed by atoms with E-state index in [0.717, 1.165) is 12.8 Å². The normalized spacial score (nSPS) is 13.8. The largest absolute Gasteiger partial charge is 0.326 e. The van der Waals surface area contributed by atoms with Crippen LogP contribution in [0, 0.1) is 5.92 Å². The third-order valence-electron chi connectivity index (χ3n) is 3.32. The molecule has 0 spiro atoms. The smallest absolute Gasteiger partial charge is 0.256 e. The van der Waals surface area contributed by atoms with Gasteiger partial charge in [-0.3, -0.25) is 14.3 Å². The van der Waals surface area contributed by atoms with E-state index in [4.69, 9.17) is 0 Å². The van der Waals surface area contributed by atoms with Crippen molar-refractivity contribution in [3.05, 3.63) is 42.1 Å². The molecule has 0 radical (unpaired) electrons. The maximum atomic E-state index is 12.0. The first kappa shape index (κ1) is 13.4. The molecule has 21 heavy (non-hydrogen) atoms. The van der Waals surface area contributed by atoms with Gasteiger partial charge in [0.05, 0.1) is 0 Å². The summed E-state index contributed by atoms with van der Waals surface area (Å²) in [6, 6.07) is 8.55. The van der Waals surface area contributed by atoms with E-state index in [1.165, 1.54) is 0 Å². The van der Waals surface area contributed by atoms with Crippen molar-refractivity contribution in [2.75, 3.05) is 10.6 Å². The summed E-state index contributed by atoms with van der Waals surface area (Å²) in [5.41, 5.74) is 1.23. The molecule has 2 amide bonds. The maximum Gasteiger partial charge on any atom is 0.256 e. The van der Waals surface area contributed by atoms with Crippen LogP contribution in [-0.2, 0) is 11.8 Å². The first-order chi connectivity index (χ1) is 10.1. The van der Waals surface area contributed by atoms with Crippen LogP contribution in [0.2, 0.25) is 0 Å². The Hall–Kier alpha value is -2.63. The van der Waals surface area contributed by atoms with Crippen molar-refractivity contribution in [1.29, 1.82) is 0 Å². The zero-order valence-electron chi connectivity index (χ0n) is 11.7. The van der Waals surface area contributed by atoms with Gasteiger partial charge in [-0.1, -0.05) is 0 Å². The second-order valence-electron chi connectivity index (χ2n) is 5.17. The number of nitrogens with one attached hydrogen (secondary N) is 2. The molecule has 0 aliphatic heterocycles. The lowest BCUT2D eigenvalue weighted by molar-refractivity contribution is -0.117. The van der Waals surface area contributed by atoms with Crippen molar-refractivity contribution in [3.63, 3.8) is 0 Å². The number of anilines is 2. The van der Waals surface area contributed by atoms with Crippen LogP contribution in [0.25, 0.3) is 0 Å². The minimum absolute atomic E-state index is 0.0562. The average Bonchev–Trinajstić information content (AvgIpc) is 3.24. The minimum atomic E-state index is -0.228. The summed E-state index contributed by atoms with van der Waals surface area (Å²) in [6.45, 7) is 0. The molecule has 0 bridgehead atoms. The maximum absolute atomic E-state index is 12.0. The first-order valence-electron chi connectivity index (χ1n) is 6.84. The molecule has 6 heteroatoms. The Morgan fingerprint density at radius 2 is 1.86 bits per heavy atom. The number of hydrogen-bond acceptors (Lipinski definition) is 3. The van der Waals surface area contributed by atoms with Gasteiger partial charge in [-0.05, 0) is 37.1 Å². The number of benzene rings is 1. The molecule has 1 saturated carbocycles. The molecular formula is C15H16N4O2. The Balaban J connectivity index is 1.62. The fraction of sp³-hybridized carbons (Fsp3) is 0.267. The molecule has 1 heterocycles. The van der Waals surface area contributed by atoms with Gasteiger partial charge in [0.25, 0.3) is 5.91 Å². The van der Waals surface area contributed by atoms with Crippen LogP contribution >= 0.6 is 0 Å². The fourth-order valence-corrected chi connectivity index (χ4v) is 1.97. The van der Waals surface area contributed by atoms with E-state index in [0.29, 0.717) is 17.1 Å². The van der Waals surface area contributed by atoms with Crippen LogP contribution in [-0.4, -0.2) is 21.6 Å². The van der Waals surface area contributed by atoms with Crippen molar-refractivity contribution < 1.29 is 9.59 Å². The molecule has 1 fully saturated rings. The van der Waals surface area contributed by atoms with E-state index >= 15 is 0 Å². The Bertz CT molecular complexity index is 671. The Kier molecular flexibility index (Phi) is 3.43. The van der Waals surface area contributed by atoms with Crippen molar-refractivity contribution >= 4 is 23.3 Å². The Labute approximate surface area is 122 Å². The minimum Gasteiger partial charge on any atom is -0.326 e. The molecule has 2 N–H and O–H groups in total. The summed E-state index contributed by atoms with van der Waals surface area (Å²) >= 11 is 0. The quantitative estimate of drug-likeness (QED) is 0.901. The highest BCUT2D eigenvalue weighted by Crippen LogP contribution is 2.30. The highest BCUT2D eigenvalue weighted by molar-refractivity contribution is 6.04. The van der Waals surface area contributed by atoms with E-state index in [9.17, 15) is 9.59 Å². The molecule has 2 aromatic rings. The van der Waals surface area contributed by atoms with Crippen molar-refractivity contribution in [2.45, 2.75) is 12.8 Å². The number of amides is 2. The number of aromatic nitrogens is 2. The van der Waals surface area contributed by atoms with E-state index < -0.39 is 0 Å². The third-order valence-corrected chi connectivity index (χ3v) is 3.32. The van der Waals surface area contributed by atoms with Gasteiger partial charge in [-0.25, -0.2) is 0 Å². The van der Waals surface area contributed by atoms with Crippen molar-refractivity contribution in [2.24, 2.45) is 13.0 Å². The molecule has 3 rings (SSSR count). The van der Waals surface area contributed by atoms with E-state index in [1.807, 2.05) is 0 Å². The van der Waals surface area contributed by atoms with E-state index in [-0.39, 0.29) is 17.7 Å². The summed E-state index contributed by atoms with van der Waals surface area (Å²) in [5.74, 6) is 0.500. The zero-order chi connectivity index (χ0) is 14.8. The van der Waals surface area contributed by atoms with Gasteiger partial charge in [0.15, 0.2) is 5.82 Å². The summed E-state index contributed by atoms with van der Waals surface area (Å²) in [7, 11) is 1.78. The van der Waals surface area contributed by atoms with Gasteiger partial charge in [0.2, 0.25) is 5.91 Å². The summed E-state index contributed by atoms with van der Waals surface area (Å²) in [6.07, 6.45) is 3.69. The average molecular weight is 284 g/mol. The number of carbonyl (C=O) groups excluding carboxylic acids is 2. The number of aryl methyl sites for hydroxylation is 1. The SMILES string of the molecule is Cn1ccc(NC(=O)c2ccc(NC(=O)C3CC3)cc2)n1. The highest BCUT2D eigenvalue weighted by Gasteiger charge is 2.29. The van der Waals surface area contributed by atoms with Crippen LogP contribution in [0.4, 0.5) is 11.5 Å². The lowest BCUT2D eigenvalue weighted by Crippen LogP contribution is -2.14. The highest BCUT2D eigenvalue weighted by atomic mass is 16.2. The Morgan fingerprint density at radius 1 is 1.14 bits per heavy atom. The molecular weight excluding hydrogens is 268 g/mol. The number of rotatable bonds is 4. The van der Waals surface area contributed by atoms with Gasteiger partial charge in [0, 0.05) is 36.5 Å². The molecule has 0 saturated heterocycles. The van der Waals surface area contributed by atoms with Gasteiger partial charge in [-0.2, -0.15) is 5.10 Å². The second-order valence-corrected chi connectivity index (χ2v) is 5.17. The van der Waals surface area contributed by atoms with Gasteiger partial charge < -0.3 is 10.6 Å². The second kappa shape index (κ2) is 5.40. The number of carbonyl (C=O) groups is 2. The third kappa shape index (κ3) is 3.28. The Morgan fingerprint density at radius 3 is 2.43 bits per heavy atom. The summed E-state index contributed by atoms with van der Waals surface area (Å²) in [5, 5.41) is 9.63. The molecule has 108 valence electrons. The number of hydrogen-bond donors (Lipinski definition) is 2. The zero-order valence-corrected chi connectivity index (χ0v) is 11.7. The topological polar surface area (TPSA) is 76.0 Å². The summed E-state index contributed by atoms with van der Waals surface area (Å²) < 4.78 is 1.62. The molecule has 6 nitrogen and oxygen atoms in total. The molecule has 1 aromatic heterocycles. The van der Waals surface area contributed by atoms with Crippen molar-refractivity contribution in [1.82, 2.24) is 9.78 Å². The predicted octanol–water partition coefficient (Wildman–Crippen LogP) is 2.02. The number of nitrogens with zero attached hydrogens (tertiary/aromatic N) is 2. The van der Waals surface area contributed by atoms with E-state index in [2.05, 4.69) is 15.7 Å². The summed E-state index contributed by atoms with van der Waals surface area (Å²) in [4.78, 5) is 23.7. The monoisotopic (exact) mass is 284 g/mol.